The van der Waals surface area contributed by atoms with Gasteiger partial charge in [0.25, 0.3) is 0 Å². The van der Waals surface area contributed by atoms with Crippen LogP contribution in [0.3, 0.4) is 0 Å². The number of nitrogens with two attached hydrogens (primary N) is 1. The molecule has 5 heteroatoms. The molecule has 0 fully saturated rings. The lowest BCUT2D eigenvalue weighted by molar-refractivity contribution is 0.389. The number of nitrogen functional groups attached to an aromatic ring is 1. The van der Waals surface area contributed by atoms with Gasteiger partial charge in [-0.05, 0) is 20.2 Å². The Bertz CT molecular complexity index is 854. The van der Waals surface area contributed by atoms with Crippen molar-refractivity contribution in [1.29, 1.82) is 5.26 Å². The van der Waals surface area contributed by atoms with Crippen LogP contribution in [0.15, 0.2) is 30.5 Å². The molecule has 0 spiro atoms. The first-order valence-electron chi connectivity index (χ1n) is 6.83. The third-order valence-corrected chi connectivity index (χ3v) is 3.72. The quantitative estimate of drug-likeness (QED) is 0.798. The average Bonchev–Trinajstić information content (AvgIpc) is 2.79. The number of anilines is 1. The number of aromatic nitrogens is 2. The van der Waals surface area contributed by atoms with Crippen molar-refractivity contribution in [2.45, 2.75) is 6.54 Å². The Kier molecular flexibility index (Phi) is 3.24. The number of fused-ring (bicyclic) bond motifs is 3. The lowest BCUT2D eigenvalue weighted by Crippen LogP contribution is -2.18. The predicted octanol–water partition coefficient (Wildman–Crippen LogP) is 2.20. The molecule has 0 atom stereocenters. The molecule has 106 valence electrons. The van der Waals surface area contributed by atoms with Crippen molar-refractivity contribution in [2.75, 3.05) is 26.4 Å². The summed E-state index contributed by atoms with van der Waals surface area (Å²) in [4.78, 5) is 6.29. The standard InChI is InChI=1S/C16H17N5/c1-20(2)7-8-21-14-6-4-3-5-11(14)13-10-19-16(18)12(9-17)15(13)21/h3-6,10H,7-8H2,1-2H3,(H2,18,19). The molecule has 2 aromatic heterocycles. The molecule has 0 aliphatic rings. The van der Waals surface area contributed by atoms with Crippen LogP contribution in [0.5, 0.6) is 0 Å². The minimum Gasteiger partial charge on any atom is -0.383 e. The Morgan fingerprint density at radius 1 is 1.29 bits per heavy atom. The topological polar surface area (TPSA) is 70.9 Å². The van der Waals surface area contributed by atoms with Crippen molar-refractivity contribution < 1.29 is 0 Å². The lowest BCUT2D eigenvalue weighted by atomic mass is 10.1. The average molecular weight is 279 g/mol. The largest absolute Gasteiger partial charge is 0.383 e. The summed E-state index contributed by atoms with van der Waals surface area (Å²) >= 11 is 0. The molecule has 1 aromatic carbocycles. The third-order valence-electron chi connectivity index (χ3n) is 3.72. The zero-order valence-corrected chi connectivity index (χ0v) is 12.2. The van der Waals surface area contributed by atoms with E-state index in [2.05, 4.69) is 32.7 Å². The van der Waals surface area contributed by atoms with Crippen LogP contribution in [0.4, 0.5) is 5.82 Å². The lowest BCUT2D eigenvalue weighted by Gasteiger charge is -2.13. The van der Waals surface area contributed by atoms with E-state index in [4.69, 9.17) is 5.73 Å². The van der Waals surface area contributed by atoms with E-state index in [0.29, 0.717) is 11.4 Å². The van der Waals surface area contributed by atoms with E-state index in [0.717, 1.165) is 34.9 Å². The maximum absolute atomic E-state index is 9.45. The van der Waals surface area contributed by atoms with Crippen molar-refractivity contribution >= 4 is 27.6 Å². The monoisotopic (exact) mass is 279 g/mol. The fourth-order valence-electron chi connectivity index (χ4n) is 2.69. The van der Waals surface area contributed by atoms with E-state index in [1.807, 2.05) is 26.2 Å². The molecule has 0 aliphatic heterocycles. The van der Waals surface area contributed by atoms with Gasteiger partial charge in [-0.1, -0.05) is 18.2 Å². The Hall–Kier alpha value is -2.58. The molecule has 5 nitrogen and oxygen atoms in total. The van der Waals surface area contributed by atoms with Crippen molar-refractivity contribution in [1.82, 2.24) is 14.5 Å². The zero-order chi connectivity index (χ0) is 15.0. The number of hydrogen-bond donors (Lipinski definition) is 1. The highest BCUT2D eigenvalue weighted by Crippen LogP contribution is 2.32. The predicted molar refractivity (Wildman–Crippen MR) is 84.9 cm³/mol. The molecular formula is C16H17N5. The van der Waals surface area contributed by atoms with Crippen LogP contribution in [0.1, 0.15) is 5.56 Å². The Labute approximate surface area is 123 Å². The van der Waals surface area contributed by atoms with Gasteiger partial charge in [-0.15, -0.1) is 0 Å². The molecule has 0 bridgehead atoms. The first kappa shape index (κ1) is 13.4. The smallest absolute Gasteiger partial charge is 0.143 e. The highest BCUT2D eigenvalue weighted by Gasteiger charge is 2.16. The molecule has 0 radical (unpaired) electrons. The van der Waals surface area contributed by atoms with E-state index < -0.39 is 0 Å². The summed E-state index contributed by atoms with van der Waals surface area (Å²) in [6.07, 6.45) is 1.76. The number of likely N-dealkylation sites (N-methyl/N-ethyl adjacent to an activating group) is 1. The van der Waals surface area contributed by atoms with Crippen LogP contribution in [-0.2, 0) is 6.54 Å². The summed E-state index contributed by atoms with van der Waals surface area (Å²) in [7, 11) is 4.07. The molecule has 0 aliphatic carbocycles. The summed E-state index contributed by atoms with van der Waals surface area (Å²) in [5.41, 5.74) is 8.34. The SMILES string of the molecule is CN(C)CCn1c2ccccc2c2cnc(N)c(C#N)c21. The first-order chi connectivity index (χ1) is 10.1. The Balaban J connectivity index is 2.39. The normalized spacial score (nSPS) is 11.3. The van der Waals surface area contributed by atoms with Crippen LogP contribution in [0, 0.1) is 11.3 Å². The molecule has 0 saturated carbocycles. The van der Waals surface area contributed by atoms with Crippen molar-refractivity contribution in [3.8, 4) is 6.07 Å². The van der Waals surface area contributed by atoms with Gasteiger partial charge in [0.15, 0.2) is 0 Å². The van der Waals surface area contributed by atoms with Gasteiger partial charge in [-0.25, -0.2) is 4.98 Å². The number of nitriles is 1. The molecule has 2 N–H and O–H groups in total. The summed E-state index contributed by atoms with van der Waals surface area (Å²) in [6.45, 7) is 1.69. The van der Waals surface area contributed by atoms with E-state index in [1.165, 1.54) is 0 Å². The number of hydrogen-bond acceptors (Lipinski definition) is 4. The van der Waals surface area contributed by atoms with Gasteiger partial charge < -0.3 is 15.2 Å². The van der Waals surface area contributed by atoms with Gasteiger partial charge in [0, 0.05) is 35.6 Å². The number of nitrogens with zero attached hydrogens (tertiary/aromatic N) is 4. The van der Waals surface area contributed by atoms with Gasteiger partial charge in [-0.3, -0.25) is 0 Å². The minimum atomic E-state index is 0.291. The number of rotatable bonds is 3. The summed E-state index contributed by atoms with van der Waals surface area (Å²) in [5.74, 6) is 0.291. The summed E-state index contributed by atoms with van der Waals surface area (Å²) in [5, 5.41) is 11.5. The minimum absolute atomic E-state index is 0.291. The van der Waals surface area contributed by atoms with E-state index in [-0.39, 0.29) is 0 Å². The second-order valence-corrected chi connectivity index (χ2v) is 5.36. The zero-order valence-electron chi connectivity index (χ0n) is 12.2. The Morgan fingerprint density at radius 2 is 2.05 bits per heavy atom. The van der Waals surface area contributed by atoms with E-state index in [9.17, 15) is 5.26 Å². The Morgan fingerprint density at radius 3 is 2.76 bits per heavy atom. The van der Waals surface area contributed by atoms with Crippen molar-refractivity contribution in [2.24, 2.45) is 0 Å². The molecule has 21 heavy (non-hydrogen) atoms. The van der Waals surface area contributed by atoms with Crippen LogP contribution in [0.25, 0.3) is 21.8 Å². The molecule has 0 unspecified atom stereocenters. The van der Waals surface area contributed by atoms with Crippen LogP contribution in [0.2, 0.25) is 0 Å². The molecule has 3 rings (SSSR count). The van der Waals surface area contributed by atoms with Crippen LogP contribution >= 0.6 is 0 Å². The summed E-state index contributed by atoms with van der Waals surface area (Å²) < 4.78 is 2.17. The van der Waals surface area contributed by atoms with E-state index in [1.54, 1.807) is 6.20 Å². The van der Waals surface area contributed by atoms with Crippen molar-refractivity contribution in [3.05, 3.63) is 36.0 Å². The second-order valence-electron chi connectivity index (χ2n) is 5.36. The van der Waals surface area contributed by atoms with Crippen LogP contribution in [-0.4, -0.2) is 35.1 Å². The maximum atomic E-state index is 9.45. The fraction of sp³-hybridized carbons (Fsp3) is 0.250. The molecule has 3 aromatic rings. The third kappa shape index (κ3) is 2.10. The van der Waals surface area contributed by atoms with Gasteiger partial charge in [0.1, 0.15) is 17.5 Å². The molecule has 0 amide bonds. The number of para-hydroxylation sites is 1. The van der Waals surface area contributed by atoms with Gasteiger partial charge in [0.2, 0.25) is 0 Å². The highest BCUT2D eigenvalue weighted by molar-refractivity contribution is 6.10. The van der Waals surface area contributed by atoms with Gasteiger partial charge in [0.05, 0.1) is 5.52 Å². The molecule has 0 saturated heterocycles. The molecule has 2 heterocycles. The number of benzene rings is 1. The molecular weight excluding hydrogens is 262 g/mol. The van der Waals surface area contributed by atoms with Gasteiger partial charge >= 0.3 is 0 Å². The van der Waals surface area contributed by atoms with E-state index >= 15 is 0 Å². The fourth-order valence-corrected chi connectivity index (χ4v) is 2.69. The first-order valence-corrected chi connectivity index (χ1v) is 6.83. The second kappa shape index (κ2) is 5.08. The highest BCUT2D eigenvalue weighted by atomic mass is 15.1. The number of pyridine rings is 1. The van der Waals surface area contributed by atoms with Gasteiger partial charge in [-0.2, -0.15) is 5.26 Å². The maximum Gasteiger partial charge on any atom is 0.143 e. The van der Waals surface area contributed by atoms with Crippen LogP contribution < -0.4 is 5.73 Å². The van der Waals surface area contributed by atoms with Crippen molar-refractivity contribution in [3.63, 3.8) is 0 Å². The summed E-state index contributed by atoms with van der Waals surface area (Å²) in [6, 6.07) is 10.3.